The number of likely N-dealkylation sites (tertiary alicyclic amines) is 1. The van der Waals surface area contributed by atoms with E-state index in [0.717, 1.165) is 25.1 Å². The van der Waals surface area contributed by atoms with Crippen LogP contribution in [0.1, 0.15) is 29.3 Å². The van der Waals surface area contributed by atoms with Crippen molar-refractivity contribution in [3.05, 3.63) is 41.5 Å². The molecule has 22 heavy (non-hydrogen) atoms. The molecule has 0 saturated carbocycles. The third kappa shape index (κ3) is 4.43. The Labute approximate surface area is 130 Å². The fourth-order valence-electron chi connectivity index (χ4n) is 2.46. The van der Waals surface area contributed by atoms with Crippen LogP contribution in [0.5, 0.6) is 0 Å². The molecule has 0 aromatic heterocycles. The molecule has 1 amide bonds. The predicted octanol–water partition coefficient (Wildman–Crippen LogP) is 2.28. The van der Waals surface area contributed by atoms with Gasteiger partial charge < -0.3 is 14.7 Å². The van der Waals surface area contributed by atoms with E-state index in [4.69, 9.17) is 9.84 Å². The number of carboxylic acid groups (broad SMARTS) is 1. The number of carbonyl (C=O) groups is 2. The first kappa shape index (κ1) is 16.2. The normalized spacial score (nSPS) is 18.0. The zero-order valence-electron chi connectivity index (χ0n) is 12.7. The molecule has 1 atom stereocenters. The van der Waals surface area contributed by atoms with Gasteiger partial charge in [0.25, 0.3) is 0 Å². The van der Waals surface area contributed by atoms with E-state index in [1.165, 1.54) is 12.1 Å². The standard InChI is InChI=1S/C17H21NO4/c1-2-22-12-14-9-10-18(11-14)16(19)8-5-13-3-6-15(7-4-13)17(20)21/h3-8,14H,2,9-12H2,1H3,(H,20,21)/b8-5+. The van der Waals surface area contributed by atoms with Gasteiger partial charge in [-0.2, -0.15) is 0 Å². The number of hydrogen-bond donors (Lipinski definition) is 1. The Bertz CT molecular complexity index is 550. The van der Waals surface area contributed by atoms with Crippen LogP contribution in [0.25, 0.3) is 6.08 Å². The molecule has 1 saturated heterocycles. The molecule has 1 heterocycles. The lowest BCUT2D eigenvalue weighted by Gasteiger charge is -2.14. The van der Waals surface area contributed by atoms with Gasteiger partial charge in [-0.15, -0.1) is 0 Å². The predicted molar refractivity (Wildman–Crippen MR) is 83.6 cm³/mol. The molecular formula is C17H21NO4. The van der Waals surface area contributed by atoms with E-state index in [2.05, 4.69) is 0 Å². The summed E-state index contributed by atoms with van der Waals surface area (Å²) in [5.41, 5.74) is 1.05. The quantitative estimate of drug-likeness (QED) is 0.819. The summed E-state index contributed by atoms with van der Waals surface area (Å²) in [5, 5.41) is 8.83. The number of carboxylic acids is 1. The van der Waals surface area contributed by atoms with Gasteiger partial charge in [-0.05, 0) is 37.1 Å². The maximum Gasteiger partial charge on any atom is 0.335 e. The lowest BCUT2D eigenvalue weighted by molar-refractivity contribution is -0.125. The monoisotopic (exact) mass is 303 g/mol. The largest absolute Gasteiger partial charge is 0.478 e. The summed E-state index contributed by atoms with van der Waals surface area (Å²) >= 11 is 0. The van der Waals surface area contributed by atoms with E-state index in [9.17, 15) is 9.59 Å². The summed E-state index contributed by atoms with van der Waals surface area (Å²) in [6.45, 7) is 4.88. The highest BCUT2D eigenvalue weighted by molar-refractivity contribution is 5.92. The topological polar surface area (TPSA) is 66.8 Å². The second kappa shape index (κ2) is 7.75. The minimum Gasteiger partial charge on any atom is -0.478 e. The van der Waals surface area contributed by atoms with Crippen molar-refractivity contribution in [3.63, 3.8) is 0 Å². The second-order valence-corrected chi connectivity index (χ2v) is 5.36. The molecule has 1 unspecified atom stereocenters. The third-order valence-corrected chi connectivity index (χ3v) is 3.73. The fraction of sp³-hybridized carbons (Fsp3) is 0.412. The Hall–Kier alpha value is -2.14. The molecule has 5 nitrogen and oxygen atoms in total. The minimum absolute atomic E-state index is 0.0127. The highest BCUT2D eigenvalue weighted by atomic mass is 16.5. The lowest BCUT2D eigenvalue weighted by Crippen LogP contribution is -2.27. The van der Waals surface area contributed by atoms with Crippen molar-refractivity contribution in [1.82, 2.24) is 4.90 Å². The van der Waals surface area contributed by atoms with Gasteiger partial charge in [0.15, 0.2) is 0 Å². The lowest BCUT2D eigenvalue weighted by atomic mass is 10.1. The van der Waals surface area contributed by atoms with Gasteiger partial charge >= 0.3 is 5.97 Å². The zero-order chi connectivity index (χ0) is 15.9. The molecule has 0 bridgehead atoms. The van der Waals surface area contributed by atoms with Gasteiger partial charge in [0.1, 0.15) is 0 Å². The van der Waals surface area contributed by atoms with Crippen LogP contribution in [-0.2, 0) is 9.53 Å². The number of hydrogen-bond acceptors (Lipinski definition) is 3. The highest BCUT2D eigenvalue weighted by Gasteiger charge is 2.24. The molecule has 0 spiro atoms. The molecule has 118 valence electrons. The average molecular weight is 303 g/mol. The molecular weight excluding hydrogens is 282 g/mol. The minimum atomic E-state index is -0.955. The van der Waals surface area contributed by atoms with Crippen LogP contribution in [0.2, 0.25) is 0 Å². The maximum atomic E-state index is 12.1. The van der Waals surface area contributed by atoms with Crippen molar-refractivity contribution in [2.75, 3.05) is 26.3 Å². The number of rotatable bonds is 6. The van der Waals surface area contributed by atoms with E-state index in [0.29, 0.717) is 19.1 Å². The zero-order valence-corrected chi connectivity index (χ0v) is 12.7. The summed E-state index contributed by atoms with van der Waals surface area (Å²) in [5.74, 6) is -0.544. The number of carbonyl (C=O) groups excluding carboxylic acids is 1. The van der Waals surface area contributed by atoms with Crippen LogP contribution < -0.4 is 0 Å². The van der Waals surface area contributed by atoms with E-state index in [-0.39, 0.29) is 11.5 Å². The maximum absolute atomic E-state index is 12.1. The van der Waals surface area contributed by atoms with E-state index in [1.54, 1.807) is 24.3 Å². The molecule has 0 radical (unpaired) electrons. The first-order chi connectivity index (χ1) is 10.6. The van der Waals surface area contributed by atoms with Crippen LogP contribution in [0, 0.1) is 5.92 Å². The van der Waals surface area contributed by atoms with Crippen LogP contribution in [-0.4, -0.2) is 48.2 Å². The van der Waals surface area contributed by atoms with Crippen molar-refractivity contribution >= 4 is 18.0 Å². The summed E-state index contributed by atoms with van der Waals surface area (Å²) in [6.07, 6.45) is 4.23. The van der Waals surface area contributed by atoms with E-state index >= 15 is 0 Å². The van der Waals surface area contributed by atoms with Crippen LogP contribution in [0.4, 0.5) is 0 Å². The van der Waals surface area contributed by atoms with E-state index < -0.39 is 5.97 Å². The van der Waals surface area contributed by atoms with Gasteiger partial charge in [-0.1, -0.05) is 12.1 Å². The summed E-state index contributed by atoms with van der Waals surface area (Å²) in [7, 11) is 0. The SMILES string of the molecule is CCOCC1CCN(C(=O)/C=C/c2ccc(C(=O)O)cc2)C1. The molecule has 2 rings (SSSR count). The van der Waals surface area contributed by atoms with Crippen molar-refractivity contribution in [3.8, 4) is 0 Å². The third-order valence-electron chi connectivity index (χ3n) is 3.73. The van der Waals surface area contributed by atoms with Crippen LogP contribution in [0.15, 0.2) is 30.3 Å². The summed E-state index contributed by atoms with van der Waals surface area (Å²) in [6, 6.07) is 6.44. The molecule has 0 aliphatic carbocycles. The fourth-order valence-corrected chi connectivity index (χ4v) is 2.46. The van der Waals surface area contributed by atoms with Gasteiger partial charge in [0.2, 0.25) is 5.91 Å². The van der Waals surface area contributed by atoms with Gasteiger partial charge in [-0.3, -0.25) is 4.79 Å². The first-order valence-corrected chi connectivity index (χ1v) is 7.48. The van der Waals surface area contributed by atoms with E-state index in [1.807, 2.05) is 11.8 Å². The average Bonchev–Trinajstić information content (AvgIpc) is 3.00. The molecule has 5 heteroatoms. The molecule has 1 aromatic carbocycles. The highest BCUT2D eigenvalue weighted by Crippen LogP contribution is 2.17. The molecule has 1 N–H and O–H groups in total. The number of aromatic carboxylic acids is 1. The Morgan fingerprint density at radius 3 is 2.73 bits per heavy atom. The molecule has 1 aliphatic heterocycles. The van der Waals surface area contributed by atoms with Crippen LogP contribution >= 0.6 is 0 Å². The van der Waals surface area contributed by atoms with Gasteiger partial charge in [0, 0.05) is 31.7 Å². The Morgan fingerprint density at radius 2 is 2.09 bits per heavy atom. The summed E-state index contributed by atoms with van der Waals surface area (Å²) < 4.78 is 5.40. The summed E-state index contributed by atoms with van der Waals surface area (Å²) in [4.78, 5) is 24.7. The second-order valence-electron chi connectivity index (χ2n) is 5.36. The van der Waals surface area contributed by atoms with Crippen molar-refractivity contribution in [1.29, 1.82) is 0 Å². The van der Waals surface area contributed by atoms with Gasteiger partial charge in [-0.25, -0.2) is 4.79 Å². The molecule has 1 aromatic rings. The number of benzene rings is 1. The van der Waals surface area contributed by atoms with Crippen molar-refractivity contribution in [2.24, 2.45) is 5.92 Å². The van der Waals surface area contributed by atoms with Gasteiger partial charge in [0.05, 0.1) is 12.2 Å². The smallest absolute Gasteiger partial charge is 0.335 e. The Morgan fingerprint density at radius 1 is 1.36 bits per heavy atom. The number of nitrogens with zero attached hydrogens (tertiary/aromatic N) is 1. The first-order valence-electron chi connectivity index (χ1n) is 7.48. The number of ether oxygens (including phenoxy) is 1. The molecule has 1 aliphatic rings. The Kier molecular flexibility index (Phi) is 5.72. The van der Waals surface area contributed by atoms with Crippen LogP contribution in [0.3, 0.4) is 0 Å². The molecule has 1 fully saturated rings. The van der Waals surface area contributed by atoms with Crippen molar-refractivity contribution < 1.29 is 19.4 Å². The number of amides is 1. The van der Waals surface area contributed by atoms with Crippen molar-refractivity contribution in [2.45, 2.75) is 13.3 Å². The Balaban J connectivity index is 1.87.